The molecule has 2 amide bonds. The van der Waals surface area contributed by atoms with Crippen LogP contribution in [0.4, 0.5) is 11.4 Å². The van der Waals surface area contributed by atoms with Gasteiger partial charge in [0.2, 0.25) is 11.8 Å². The largest absolute Gasteiger partial charge is 0.326 e. The summed E-state index contributed by atoms with van der Waals surface area (Å²) in [4.78, 5) is 23.6. The first-order valence-corrected chi connectivity index (χ1v) is 7.22. The van der Waals surface area contributed by atoms with E-state index in [1.54, 1.807) is 42.5 Å². The van der Waals surface area contributed by atoms with E-state index in [-0.39, 0.29) is 6.42 Å². The highest BCUT2D eigenvalue weighted by Gasteiger charge is 2.11. The maximum Gasteiger partial charge on any atom is 0.233 e. The van der Waals surface area contributed by atoms with Crippen molar-refractivity contribution in [3.63, 3.8) is 0 Å². The lowest BCUT2D eigenvalue weighted by Crippen LogP contribution is -2.21. The summed E-state index contributed by atoms with van der Waals surface area (Å²) >= 11 is 3.32. The number of amides is 2. The molecule has 0 atom stereocenters. The molecule has 6 heteroatoms. The lowest BCUT2D eigenvalue weighted by molar-refractivity contribution is -0.123. The first kappa shape index (κ1) is 15.7. The van der Waals surface area contributed by atoms with Gasteiger partial charge in [-0.25, -0.2) is 0 Å². The molecule has 0 fully saturated rings. The van der Waals surface area contributed by atoms with Gasteiger partial charge in [-0.1, -0.05) is 12.1 Å². The Bertz CT molecular complexity index is 736. The van der Waals surface area contributed by atoms with E-state index >= 15 is 0 Å². The van der Waals surface area contributed by atoms with Crippen molar-refractivity contribution in [3.05, 3.63) is 58.6 Å². The van der Waals surface area contributed by atoms with Gasteiger partial charge in [0.15, 0.2) is 0 Å². The van der Waals surface area contributed by atoms with E-state index in [0.29, 0.717) is 16.9 Å². The molecule has 0 aliphatic heterocycles. The van der Waals surface area contributed by atoms with Crippen molar-refractivity contribution in [1.29, 1.82) is 5.26 Å². The molecule has 2 aromatic rings. The summed E-state index contributed by atoms with van der Waals surface area (Å²) in [6, 6.07) is 15.6. The lowest BCUT2D eigenvalue weighted by atomic mass is 10.2. The summed E-state index contributed by atoms with van der Waals surface area (Å²) in [5, 5.41) is 14.0. The monoisotopic (exact) mass is 357 g/mol. The fraction of sp³-hybridized carbons (Fsp3) is 0.0625. The highest BCUT2D eigenvalue weighted by molar-refractivity contribution is 9.10. The summed E-state index contributed by atoms with van der Waals surface area (Å²) in [6.07, 6.45) is -0.290. The number of anilines is 2. The number of para-hydroxylation sites is 1. The third-order valence-electron chi connectivity index (χ3n) is 2.77. The maximum absolute atomic E-state index is 11.8. The van der Waals surface area contributed by atoms with E-state index in [1.807, 2.05) is 12.1 Å². The molecule has 0 unspecified atom stereocenters. The quantitative estimate of drug-likeness (QED) is 0.823. The van der Waals surface area contributed by atoms with Gasteiger partial charge in [-0.05, 0) is 52.3 Å². The van der Waals surface area contributed by atoms with Crippen LogP contribution in [0.15, 0.2) is 53.0 Å². The summed E-state index contributed by atoms with van der Waals surface area (Å²) in [7, 11) is 0. The van der Waals surface area contributed by atoms with Gasteiger partial charge in [-0.3, -0.25) is 9.59 Å². The third kappa shape index (κ3) is 4.43. The number of benzene rings is 2. The van der Waals surface area contributed by atoms with Crippen molar-refractivity contribution >= 4 is 39.1 Å². The van der Waals surface area contributed by atoms with Gasteiger partial charge in [0.25, 0.3) is 0 Å². The third-order valence-corrected chi connectivity index (χ3v) is 3.46. The molecule has 2 rings (SSSR count). The topological polar surface area (TPSA) is 82.0 Å². The predicted octanol–water partition coefficient (Wildman–Crippen LogP) is 3.29. The number of nitriles is 1. The molecule has 0 spiro atoms. The molecule has 0 saturated carbocycles. The van der Waals surface area contributed by atoms with Crippen LogP contribution in [0.2, 0.25) is 0 Å². The SMILES string of the molecule is N#Cc1ccc(NC(=O)CC(=O)Nc2ccccc2Br)cc1. The lowest BCUT2D eigenvalue weighted by Gasteiger charge is -2.08. The summed E-state index contributed by atoms with van der Waals surface area (Å²) in [6.45, 7) is 0. The Morgan fingerprint density at radius 1 is 1.00 bits per heavy atom. The van der Waals surface area contributed by atoms with Crippen molar-refractivity contribution in [2.24, 2.45) is 0 Å². The molecule has 0 heterocycles. The number of nitrogens with one attached hydrogen (secondary N) is 2. The van der Waals surface area contributed by atoms with Crippen LogP contribution in [0.5, 0.6) is 0 Å². The number of rotatable bonds is 4. The van der Waals surface area contributed by atoms with Crippen molar-refractivity contribution in [1.82, 2.24) is 0 Å². The van der Waals surface area contributed by atoms with Gasteiger partial charge in [-0.15, -0.1) is 0 Å². The molecule has 0 saturated heterocycles. The number of nitrogens with zero attached hydrogens (tertiary/aromatic N) is 1. The molecule has 0 aliphatic carbocycles. The molecular weight excluding hydrogens is 346 g/mol. The maximum atomic E-state index is 11.8. The summed E-state index contributed by atoms with van der Waals surface area (Å²) in [5.74, 6) is -0.827. The average Bonchev–Trinajstić information content (AvgIpc) is 2.50. The Balaban J connectivity index is 1.90. The normalized spacial score (nSPS) is 9.64. The van der Waals surface area contributed by atoms with Gasteiger partial charge in [0.1, 0.15) is 6.42 Å². The first-order chi connectivity index (χ1) is 10.6. The minimum atomic E-state index is -0.422. The zero-order chi connectivity index (χ0) is 15.9. The van der Waals surface area contributed by atoms with Crippen LogP contribution in [0.1, 0.15) is 12.0 Å². The van der Waals surface area contributed by atoms with E-state index in [4.69, 9.17) is 5.26 Å². The van der Waals surface area contributed by atoms with E-state index in [9.17, 15) is 9.59 Å². The van der Waals surface area contributed by atoms with Crippen molar-refractivity contribution < 1.29 is 9.59 Å². The molecule has 2 N–H and O–H groups in total. The van der Waals surface area contributed by atoms with Crippen LogP contribution < -0.4 is 10.6 Å². The number of carbonyl (C=O) groups excluding carboxylic acids is 2. The Labute approximate surface area is 136 Å². The fourth-order valence-corrected chi connectivity index (χ4v) is 2.12. The molecule has 0 radical (unpaired) electrons. The minimum absolute atomic E-state index is 0.290. The van der Waals surface area contributed by atoms with Gasteiger partial charge in [0, 0.05) is 10.2 Å². The number of hydrogen-bond acceptors (Lipinski definition) is 3. The fourth-order valence-electron chi connectivity index (χ4n) is 1.74. The first-order valence-electron chi connectivity index (χ1n) is 6.43. The molecule has 22 heavy (non-hydrogen) atoms. The van der Waals surface area contributed by atoms with Crippen LogP contribution in [-0.2, 0) is 9.59 Å². The Kier molecular flexibility index (Phi) is 5.28. The van der Waals surface area contributed by atoms with Crippen molar-refractivity contribution in [2.75, 3.05) is 10.6 Å². The van der Waals surface area contributed by atoms with E-state index in [1.165, 1.54) is 0 Å². The van der Waals surface area contributed by atoms with Gasteiger partial charge < -0.3 is 10.6 Å². The van der Waals surface area contributed by atoms with Gasteiger partial charge in [0.05, 0.1) is 17.3 Å². The average molecular weight is 358 g/mol. The zero-order valence-corrected chi connectivity index (χ0v) is 13.1. The van der Waals surface area contributed by atoms with Crippen LogP contribution in [0.25, 0.3) is 0 Å². The molecule has 2 aromatic carbocycles. The van der Waals surface area contributed by atoms with Gasteiger partial charge >= 0.3 is 0 Å². The molecular formula is C16H12BrN3O2. The highest BCUT2D eigenvalue weighted by Crippen LogP contribution is 2.21. The number of carbonyl (C=O) groups is 2. The molecule has 110 valence electrons. The van der Waals surface area contributed by atoms with E-state index in [0.717, 1.165) is 4.47 Å². The Hall–Kier alpha value is -2.65. The smallest absolute Gasteiger partial charge is 0.233 e. The minimum Gasteiger partial charge on any atom is -0.326 e. The standard InChI is InChI=1S/C16H12BrN3O2/c17-13-3-1-2-4-14(13)20-16(22)9-15(21)19-12-7-5-11(10-18)6-8-12/h1-8H,9H2,(H,19,21)(H,20,22). The van der Waals surface area contributed by atoms with Crippen LogP contribution in [0, 0.1) is 11.3 Å². The molecule has 0 aliphatic rings. The van der Waals surface area contributed by atoms with E-state index < -0.39 is 11.8 Å². The number of hydrogen-bond donors (Lipinski definition) is 2. The van der Waals surface area contributed by atoms with Crippen molar-refractivity contribution in [2.45, 2.75) is 6.42 Å². The van der Waals surface area contributed by atoms with E-state index in [2.05, 4.69) is 26.6 Å². The predicted molar refractivity (Wildman–Crippen MR) is 87.2 cm³/mol. The van der Waals surface area contributed by atoms with Crippen LogP contribution in [0.3, 0.4) is 0 Å². The second kappa shape index (κ2) is 7.38. The second-order valence-electron chi connectivity index (χ2n) is 4.44. The molecule has 0 aromatic heterocycles. The van der Waals surface area contributed by atoms with Crippen LogP contribution >= 0.6 is 15.9 Å². The molecule has 5 nitrogen and oxygen atoms in total. The molecule has 0 bridgehead atoms. The Morgan fingerprint density at radius 3 is 2.27 bits per heavy atom. The Morgan fingerprint density at radius 2 is 1.64 bits per heavy atom. The number of halogens is 1. The van der Waals surface area contributed by atoms with Crippen LogP contribution in [-0.4, -0.2) is 11.8 Å². The second-order valence-corrected chi connectivity index (χ2v) is 5.30. The van der Waals surface area contributed by atoms with Gasteiger partial charge in [-0.2, -0.15) is 5.26 Å². The summed E-state index contributed by atoms with van der Waals surface area (Å²) < 4.78 is 0.746. The summed E-state index contributed by atoms with van der Waals surface area (Å²) in [5.41, 5.74) is 1.65. The zero-order valence-electron chi connectivity index (χ0n) is 11.5. The highest BCUT2D eigenvalue weighted by atomic mass is 79.9. The van der Waals surface area contributed by atoms with Crippen molar-refractivity contribution in [3.8, 4) is 6.07 Å².